The van der Waals surface area contributed by atoms with Crippen molar-refractivity contribution in [1.82, 2.24) is 0 Å². The average Bonchev–Trinajstić information content (AvgIpc) is 2.42. The van der Waals surface area contributed by atoms with E-state index >= 15 is 0 Å². The molecule has 1 nitrogen and oxygen atoms in total. The van der Waals surface area contributed by atoms with Gasteiger partial charge in [-0.25, -0.2) is 0 Å². The van der Waals surface area contributed by atoms with Crippen LogP contribution in [-0.4, -0.2) is 5.78 Å². The molecule has 110 valence electrons. The van der Waals surface area contributed by atoms with E-state index in [1.807, 2.05) is 0 Å². The summed E-state index contributed by atoms with van der Waals surface area (Å²) in [6.45, 7) is 4.53. The zero-order valence-electron chi connectivity index (χ0n) is 13.0. The van der Waals surface area contributed by atoms with E-state index < -0.39 is 0 Å². The third-order valence-corrected chi connectivity index (χ3v) is 4.29. The quantitative estimate of drug-likeness (QED) is 0.453. The van der Waals surface area contributed by atoms with Gasteiger partial charge in [-0.2, -0.15) is 0 Å². The molecule has 1 aliphatic carbocycles. The van der Waals surface area contributed by atoms with E-state index in [1.165, 1.54) is 51.4 Å². The second-order valence-electron chi connectivity index (χ2n) is 6.26. The fourth-order valence-corrected chi connectivity index (χ4v) is 2.80. The molecule has 0 aliphatic heterocycles. The second kappa shape index (κ2) is 10.2. The Balaban J connectivity index is 1.99. The van der Waals surface area contributed by atoms with Crippen molar-refractivity contribution >= 4 is 5.78 Å². The van der Waals surface area contributed by atoms with Crippen LogP contribution < -0.4 is 0 Å². The van der Waals surface area contributed by atoms with Crippen LogP contribution >= 0.6 is 0 Å². The molecule has 1 atom stereocenters. The minimum Gasteiger partial charge on any atom is -0.295 e. The standard InChI is InChI=1S/C18H32O/c1-3-4-5-6-7-8-9-10-11-18(19)17-14-12-16(2)13-15-17/h14,16H,3-13,15H2,1-2H3. The van der Waals surface area contributed by atoms with Crippen molar-refractivity contribution in [3.8, 4) is 0 Å². The van der Waals surface area contributed by atoms with Gasteiger partial charge < -0.3 is 0 Å². The van der Waals surface area contributed by atoms with Crippen molar-refractivity contribution in [3.05, 3.63) is 11.6 Å². The zero-order valence-corrected chi connectivity index (χ0v) is 13.0. The number of rotatable bonds is 10. The fourth-order valence-electron chi connectivity index (χ4n) is 2.80. The molecule has 1 aliphatic rings. The summed E-state index contributed by atoms with van der Waals surface area (Å²) in [4.78, 5) is 12.0. The van der Waals surface area contributed by atoms with Gasteiger partial charge in [0, 0.05) is 6.42 Å². The van der Waals surface area contributed by atoms with Crippen LogP contribution in [0.1, 0.15) is 90.9 Å². The fraction of sp³-hybridized carbons (Fsp3) is 0.833. The van der Waals surface area contributed by atoms with E-state index in [0.717, 1.165) is 37.2 Å². The highest BCUT2D eigenvalue weighted by Crippen LogP contribution is 2.24. The molecule has 19 heavy (non-hydrogen) atoms. The molecule has 0 aromatic rings. The topological polar surface area (TPSA) is 17.1 Å². The summed E-state index contributed by atoms with van der Waals surface area (Å²) in [7, 11) is 0. The van der Waals surface area contributed by atoms with Crippen LogP contribution in [0.5, 0.6) is 0 Å². The number of unbranched alkanes of at least 4 members (excludes halogenated alkanes) is 7. The van der Waals surface area contributed by atoms with Gasteiger partial charge in [-0.1, -0.05) is 64.9 Å². The van der Waals surface area contributed by atoms with Crippen molar-refractivity contribution in [2.75, 3.05) is 0 Å². The summed E-state index contributed by atoms with van der Waals surface area (Å²) >= 11 is 0. The Labute approximate surface area is 119 Å². The molecule has 0 saturated heterocycles. The van der Waals surface area contributed by atoms with Gasteiger partial charge in [0.15, 0.2) is 5.78 Å². The predicted octanol–water partition coefficient (Wildman–Crippen LogP) is 5.83. The molecule has 0 bridgehead atoms. The zero-order chi connectivity index (χ0) is 13.9. The molecule has 0 heterocycles. The SMILES string of the molecule is CCCCCCCCCCC(=O)C1=CCC(C)CC1. The van der Waals surface area contributed by atoms with Gasteiger partial charge in [0.1, 0.15) is 0 Å². The minimum absolute atomic E-state index is 0.429. The Morgan fingerprint density at radius 1 is 1.11 bits per heavy atom. The normalized spacial score (nSPS) is 19.3. The van der Waals surface area contributed by atoms with Crippen LogP contribution in [0.2, 0.25) is 0 Å². The number of ketones is 1. The Morgan fingerprint density at radius 2 is 1.74 bits per heavy atom. The van der Waals surface area contributed by atoms with Crippen molar-refractivity contribution in [3.63, 3.8) is 0 Å². The number of carbonyl (C=O) groups is 1. The molecule has 1 heteroatoms. The van der Waals surface area contributed by atoms with Gasteiger partial charge in [-0.15, -0.1) is 0 Å². The second-order valence-corrected chi connectivity index (χ2v) is 6.26. The maximum absolute atomic E-state index is 12.0. The lowest BCUT2D eigenvalue weighted by Gasteiger charge is -2.17. The first-order valence-corrected chi connectivity index (χ1v) is 8.46. The molecule has 0 aromatic carbocycles. The number of carbonyl (C=O) groups excluding carboxylic acids is 1. The summed E-state index contributed by atoms with van der Waals surface area (Å²) in [6.07, 6.45) is 16.8. The third-order valence-electron chi connectivity index (χ3n) is 4.29. The monoisotopic (exact) mass is 264 g/mol. The van der Waals surface area contributed by atoms with Gasteiger partial charge >= 0.3 is 0 Å². The highest BCUT2D eigenvalue weighted by Gasteiger charge is 2.15. The summed E-state index contributed by atoms with van der Waals surface area (Å²) in [5.74, 6) is 1.21. The highest BCUT2D eigenvalue weighted by atomic mass is 16.1. The number of hydrogen-bond acceptors (Lipinski definition) is 1. The molecule has 1 unspecified atom stereocenters. The van der Waals surface area contributed by atoms with Crippen molar-refractivity contribution in [2.45, 2.75) is 90.9 Å². The molecular weight excluding hydrogens is 232 g/mol. The van der Waals surface area contributed by atoms with Crippen LogP contribution in [0.4, 0.5) is 0 Å². The van der Waals surface area contributed by atoms with E-state index in [1.54, 1.807) is 0 Å². The average molecular weight is 264 g/mol. The van der Waals surface area contributed by atoms with Gasteiger partial charge in [0.05, 0.1) is 0 Å². The van der Waals surface area contributed by atoms with Crippen LogP contribution in [-0.2, 0) is 4.79 Å². The maximum Gasteiger partial charge on any atom is 0.158 e. The molecule has 0 spiro atoms. The summed E-state index contributed by atoms with van der Waals surface area (Å²) in [5.41, 5.74) is 1.13. The van der Waals surface area contributed by atoms with E-state index in [4.69, 9.17) is 0 Å². The molecule has 0 fully saturated rings. The lowest BCUT2D eigenvalue weighted by Crippen LogP contribution is -2.09. The van der Waals surface area contributed by atoms with E-state index in [2.05, 4.69) is 19.9 Å². The minimum atomic E-state index is 0.429. The number of hydrogen-bond donors (Lipinski definition) is 0. The van der Waals surface area contributed by atoms with Crippen molar-refractivity contribution in [1.29, 1.82) is 0 Å². The summed E-state index contributed by atoms with van der Waals surface area (Å²) in [5, 5.41) is 0. The van der Waals surface area contributed by atoms with Crippen LogP contribution in [0, 0.1) is 5.92 Å². The summed E-state index contributed by atoms with van der Waals surface area (Å²) < 4.78 is 0. The van der Waals surface area contributed by atoms with Gasteiger partial charge in [-0.3, -0.25) is 4.79 Å². The lowest BCUT2D eigenvalue weighted by atomic mass is 9.88. The molecule has 0 aromatic heterocycles. The number of allylic oxidation sites excluding steroid dienone is 2. The lowest BCUT2D eigenvalue weighted by molar-refractivity contribution is -0.115. The largest absolute Gasteiger partial charge is 0.295 e. The third kappa shape index (κ3) is 7.54. The van der Waals surface area contributed by atoms with Crippen molar-refractivity contribution in [2.24, 2.45) is 5.92 Å². The first-order valence-electron chi connectivity index (χ1n) is 8.46. The summed E-state index contributed by atoms with van der Waals surface area (Å²) in [6, 6.07) is 0. The molecule has 0 saturated carbocycles. The molecule has 1 rings (SSSR count). The Morgan fingerprint density at radius 3 is 2.32 bits per heavy atom. The molecule has 0 radical (unpaired) electrons. The van der Waals surface area contributed by atoms with Gasteiger partial charge in [-0.05, 0) is 37.2 Å². The Kier molecular flexibility index (Phi) is 8.86. The van der Waals surface area contributed by atoms with E-state index in [9.17, 15) is 4.79 Å². The number of Topliss-reactive ketones (excluding diaryl/α,β-unsaturated/α-hetero) is 1. The van der Waals surface area contributed by atoms with Gasteiger partial charge in [0.25, 0.3) is 0 Å². The highest BCUT2D eigenvalue weighted by molar-refractivity contribution is 5.95. The first-order chi connectivity index (χ1) is 9.24. The molecule has 0 N–H and O–H groups in total. The maximum atomic E-state index is 12.0. The predicted molar refractivity (Wildman–Crippen MR) is 83.3 cm³/mol. The molecule has 0 amide bonds. The van der Waals surface area contributed by atoms with Crippen LogP contribution in [0.15, 0.2) is 11.6 Å². The first kappa shape index (κ1) is 16.5. The van der Waals surface area contributed by atoms with Gasteiger partial charge in [0.2, 0.25) is 0 Å². The Bertz CT molecular complexity index is 277. The van der Waals surface area contributed by atoms with Crippen LogP contribution in [0.3, 0.4) is 0 Å². The molecular formula is C18H32O. The smallest absolute Gasteiger partial charge is 0.158 e. The van der Waals surface area contributed by atoms with Crippen molar-refractivity contribution < 1.29 is 4.79 Å². The van der Waals surface area contributed by atoms with E-state index in [-0.39, 0.29) is 0 Å². The van der Waals surface area contributed by atoms with E-state index in [0.29, 0.717) is 5.78 Å². The van der Waals surface area contributed by atoms with Crippen LogP contribution in [0.25, 0.3) is 0 Å². The Hall–Kier alpha value is -0.590.